The van der Waals surface area contributed by atoms with Gasteiger partial charge in [-0.2, -0.15) is 4.98 Å². The lowest BCUT2D eigenvalue weighted by atomic mass is 10.1. The zero-order valence-electron chi connectivity index (χ0n) is 18.2. The lowest BCUT2D eigenvalue weighted by Gasteiger charge is -2.35. The van der Waals surface area contributed by atoms with Crippen LogP contribution in [0.1, 0.15) is 20.8 Å². The average molecular weight is 439 g/mol. The molecule has 0 amide bonds. The van der Waals surface area contributed by atoms with Crippen molar-refractivity contribution in [2.75, 3.05) is 35.6 Å². The van der Waals surface area contributed by atoms with E-state index >= 15 is 0 Å². The van der Waals surface area contributed by atoms with Crippen molar-refractivity contribution in [1.82, 2.24) is 20.2 Å². The maximum absolute atomic E-state index is 14.5. The summed E-state index contributed by atoms with van der Waals surface area (Å²) in [4.78, 5) is 10.5. The molecule has 168 valence electrons. The van der Waals surface area contributed by atoms with Crippen LogP contribution in [0, 0.1) is 5.82 Å². The lowest BCUT2D eigenvalue weighted by molar-refractivity contribution is -0.00572. The summed E-state index contributed by atoms with van der Waals surface area (Å²) in [5, 5.41) is 11.0. The van der Waals surface area contributed by atoms with Gasteiger partial charge < -0.3 is 25.4 Å². The van der Waals surface area contributed by atoms with Crippen molar-refractivity contribution in [3.8, 4) is 16.9 Å². The molecule has 32 heavy (non-hydrogen) atoms. The molecule has 1 aromatic carbocycles. The summed E-state index contributed by atoms with van der Waals surface area (Å²) < 4.78 is 25.7. The second-order valence-corrected chi connectivity index (χ2v) is 7.64. The average Bonchev–Trinajstić information content (AvgIpc) is 2.77. The molecule has 9 nitrogen and oxygen atoms in total. The predicted molar refractivity (Wildman–Crippen MR) is 121 cm³/mol. The Hall–Kier alpha value is -3.53. The van der Waals surface area contributed by atoms with Crippen molar-refractivity contribution in [1.29, 1.82) is 0 Å². The van der Waals surface area contributed by atoms with Gasteiger partial charge in [0.2, 0.25) is 5.95 Å². The number of aromatic nitrogens is 4. The number of hydrogen-bond acceptors (Lipinski definition) is 9. The van der Waals surface area contributed by atoms with Gasteiger partial charge in [-0.15, -0.1) is 10.2 Å². The van der Waals surface area contributed by atoms with E-state index in [4.69, 9.17) is 15.2 Å². The Kier molecular flexibility index (Phi) is 6.31. The van der Waals surface area contributed by atoms with Gasteiger partial charge in [0.1, 0.15) is 5.75 Å². The highest BCUT2D eigenvalue weighted by Gasteiger charge is 2.25. The number of halogens is 1. The fourth-order valence-electron chi connectivity index (χ4n) is 3.65. The highest BCUT2D eigenvalue weighted by Crippen LogP contribution is 2.29. The number of rotatable bonds is 6. The van der Waals surface area contributed by atoms with Gasteiger partial charge in [-0.25, -0.2) is 9.37 Å². The van der Waals surface area contributed by atoms with Gasteiger partial charge in [0, 0.05) is 18.7 Å². The van der Waals surface area contributed by atoms with E-state index in [-0.39, 0.29) is 23.8 Å². The lowest BCUT2D eigenvalue weighted by Crippen LogP contribution is -2.46. The van der Waals surface area contributed by atoms with Crippen molar-refractivity contribution < 1.29 is 13.9 Å². The standard InChI is InChI=1S/C22H26FN7O2/c1-4-31-16-7-5-15(6-8-16)17-9-19(28-29-20(17)24)26-21-18(23)10-25-22(27-21)30-11-13(2)32-14(3)12-30/h5-10,13-14H,4,11-12H2,1-3H3,(H2,24,29)(H,25,26,27,28)/t13-,14+. The Morgan fingerprint density at radius 2 is 1.91 bits per heavy atom. The van der Waals surface area contributed by atoms with Crippen molar-refractivity contribution in [2.45, 2.75) is 33.0 Å². The minimum Gasteiger partial charge on any atom is -0.494 e. The number of benzene rings is 1. The van der Waals surface area contributed by atoms with Crippen molar-refractivity contribution in [3.05, 3.63) is 42.3 Å². The molecule has 1 aliphatic rings. The zero-order chi connectivity index (χ0) is 22.7. The number of anilines is 4. The molecule has 0 spiro atoms. The molecular formula is C22H26FN7O2. The molecule has 1 saturated heterocycles. The second-order valence-electron chi connectivity index (χ2n) is 7.64. The predicted octanol–water partition coefficient (Wildman–Crippen LogP) is 3.41. The number of morpholine rings is 1. The Labute approximate surface area is 185 Å². The number of nitrogens with one attached hydrogen (secondary N) is 1. The quantitative estimate of drug-likeness (QED) is 0.597. The molecule has 0 radical (unpaired) electrons. The largest absolute Gasteiger partial charge is 0.494 e. The van der Waals surface area contributed by atoms with Gasteiger partial charge in [0.15, 0.2) is 23.3 Å². The van der Waals surface area contributed by atoms with E-state index in [1.54, 1.807) is 6.07 Å². The summed E-state index contributed by atoms with van der Waals surface area (Å²) in [5.74, 6) is 1.18. The van der Waals surface area contributed by atoms with Crippen LogP contribution in [0.15, 0.2) is 36.5 Å². The fourth-order valence-corrected chi connectivity index (χ4v) is 3.65. The van der Waals surface area contributed by atoms with Gasteiger partial charge in [0.05, 0.1) is 25.0 Å². The van der Waals surface area contributed by atoms with E-state index in [9.17, 15) is 4.39 Å². The van der Waals surface area contributed by atoms with Crippen LogP contribution in [0.25, 0.3) is 11.1 Å². The van der Waals surface area contributed by atoms with E-state index in [1.165, 1.54) is 0 Å². The number of nitrogens with two attached hydrogens (primary N) is 1. The smallest absolute Gasteiger partial charge is 0.227 e. The Morgan fingerprint density at radius 3 is 2.59 bits per heavy atom. The third kappa shape index (κ3) is 4.86. The van der Waals surface area contributed by atoms with Crippen molar-refractivity contribution in [3.63, 3.8) is 0 Å². The first-order valence-corrected chi connectivity index (χ1v) is 10.5. The van der Waals surface area contributed by atoms with Crippen LogP contribution in [0.5, 0.6) is 5.75 Å². The van der Waals surface area contributed by atoms with E-state index in [0.717, 1.165) is 17.5 Å². The summed E-state index contributed by atoms with van der Waals surface area (Å²) in [7, 11) is 0. The van der Waals surface area contributed by atoms with E-state index in [2.05, 4.69) is 25.5 Å². The summed E-state index contributed by atoms with van der Waals surface area (Å²) in [6.07, 6.45) is 1.21. The molecule has 2 atom stereocenters. The molecule has 4 rings (SSSR count). The molecule has 1 fully saturated rings. The zero-order valence-corrected chi connectivity index (χ0v) is 18.2. The molecule has 2 aromatic heterocycles. The van der Waals surface area contributed by atoms with Crippen LogP contribution in [0.3, 0.4) is 0 Å². The number of nitrogens with zero attached hydrogens (tertiary/aromatic N) is 5. The highest BCUT2D eigenvalue weighted by atomic mass is 19.1. The molecule has 0 saturated carbocycles. The van der Waals surface area contributed by atoms with E-state index in [1.807, 2.05) is 49.9 Å². The minimum atomic E-state index is -0.593. The van der Waals surface area contributed by atoms with Crippen LogP contribution in [-0.4, -0.2) is 52.1 Å². The summed E-state index contributed by atoms with van der Waals surface area (Å²) >= 11 is 0. The first-order valence-electron chi connectivity index (χ1n) is 10.5. The van der Waals surface area contributed by atoms with Crippen molar-refractivity contribution >= 4 is 23.4 Å². The van der Waals surface area contributed by atoms with Gasteiger partial charge >= 0.3 is 0 Å². The fraction of sp³-hybridized carbons (Fsp3) is 0.364. The third-order valence-corrected chi connectivity index (χ3v) is 4.98. The van der Waals surface area contributed by atoms with Crippen LogP contribution in [0.4, 0.5) is 27.8 Å². The summed E-state index contributed by atoms with van der Waals surface area (Å²) in [6, 6.07) is 9.18. The molecule has 3 N–H and O–H groups in total. The number of ether oxygens (including phenoxy) is 2. The van der Waals surface area contributed by atoms with Crippen molar-refractivity contribution in [2.24, 2.45) is 0 Å². The van der Waals surface area contributed by atoms with Gasteiger partial charge in [0.25, 0.3) is 0 Å². The summed E-state index contributed by atoms with van der Waals surface area (Å²) in [6.45, 7) is 7.73. The van der Waals surface area contributed by atoms with Crippen LogP contribution in [0.2, 0.25) is 0 Å². The molecule has 3 heterocycles. The first kappa shape index (κ1) is 21.7. The van der Waals surface area contributed by atoms with Gasteiger partial charge in [-0.05, 0) is 44.5 Å². The van der Waals surface area contributed by atoms with Crippen LogP contribution >= 0.6 is 0 Å². The molecule has 0 unspecified atom stereocenters. The third-order valence-electron chi connectivity index (χ3n) is 4.98. The molecule has 1 aliphatic heterocycles. The molecule has 0 aliphatic carbocycles. The summed E-state index contributed by atoms with van der Waals surface area (Å²) in [5.41, 5.74) is 7.54. The highest BCUT2D eigenvalue weighted by molar-refractivity contribution is 5.76. The van der Waals surface area contributed by atoms with E-state index < -0.39 is 5.82 Å². The maximum atomic E-state index is 14.5. The van der Waals surface area contributed by atoms with Crippen LogP contribution < -0.4 is 20.7 Å². The van der Waals surface area contributed by atoms with Gasteiger partial charge in [-0.1, -0.05) is 12.1 Å². The monoisotopic (exact) mass is 439 g/mol. The van der Waals surface area contributed by atoms with E-state index in [0.29, 0.717) is 37.0 Å². The van der Waals surface area contributed by atoms with Gasteiger partial charge in [-0.3, -0.25) is 0 Å². The molecule has 3 aromatic rings. The molecule has 10 heteroatoms. The first-order chi connectivity index (χ1) is 15.4. The van der Waals surface area contributed by atoms with Crippen LogP contribution in [-0.2, 0) is 4.74 Å². The Balaban J connectivity index is 1.58. The minimum absolute atomic E-state index is 0.0125. The topological polar surface area (TPSA) is 111 Å². The maximum Gasteiger partial charge on any atom is 0.227 e. The molecule has 0 bridgehead atoms. The number of nitrogen functional groups attached to an aromatic ring is 1. The normalized spacial score (nSPS) is 18.4. The second kappa shape index (κ2) is 9.31. The molecular weight excluding hydrogens is 413 g/mol. The Bertz CT molecular complexity index is 1070. The SMILES string of the molecule is CCOc1ccc(-c2cc(Nc3nc(N4C[C@@H](C)O[C@@H](C)C4)ncc3F)nnc2N)cc1. The number of hydrogen-bond donors (Lipinski definition) is 2. The Morgan fingerprint density at radius 1 is 1.19 bits per heavy atom.